The van der Waals surface area contributed by atoms with Crippen LogP contribution in [-0.2, 0) is 32.7 Å². The molecular weight excluding hydrogens is 717 g/mol. The van der Waals surface area contributed by atoms with Gasteiger partial charge in [-0.05, 0) is 70.6 Å². The normalized spacial score (nSPS) is 15.0. The number of hydrogen-bond acceptors (Lipinski definition) is 8. The molecule has 0 amide bonds. The smallest absolute Gasteiger partial charge is 0.462 e. The van der Waals surface area contributed by atoms with Crippen LogP contribution in [0.2, 0.25) is 0 Å². The number of unbranched alkanes of at least 4 members (excludes halogenated alkanes) is 9. The average molecular weight is 795 g/mol. The van der Waals surface area contributed by atoms with Gasteiger partial charge in [-0.1, -0.05) is 125 Å². The van der Waals surface area contributed by atoms with Crippen molar-refractivity contribution >= 4 is 19.8 Å². The SMILES string of the molecule is CC/C=C\C/C=C\C/C=C\C/C=C\C=C\C(O)CCCC(=O)O[C@H](COC(=O)CCCCCCC/C=C\CCCCCC)COP(=O)(O)OCC[N+](C)(C)C. The van der Waals surface area contributed by atoms with Crippen molar-refractivity contribution in [1.82, 2.24) is 0 Å². The van der Waals surface area contributed by atoms with E-state index >= 15 is 0 Å². The topological polar surface area (TPSA) is 129 Å². The molecule has 0 fully saturated rings. The lowest BCUT2D eigenvalue weighted by atomic mass is 10.1. The van der Waals surface area contributed by atoms with Crippen molar-refractivity contribution < 1.29 is 47.2 Å². The molecule has 316 valence electrons. The molecule has 55 heavy (non-hydrogen) atoms. The van der Waals surface area contributed by atoms with Gasteiger partial charge in [0.25, 0.3) is 0 Å². The average Bonchev–Trinajstić information content (AvgIpc) is 3.12. The largest absolute Gasteiger partial charge is 0.472 e. The fourth-order valence-electron chi connectivity index (χ4n) is 5.03. The Morgan fingerprint density at radius 1 is 0.673 bits per heavy atom. The van der Waals surface area contributed by atoms with Crippen LogP contribution in [-0.4, -0.2) is 86.1 Å². The molecule has 11 heteroatoms. The number of esters is 2. The van der Waals surface area contributed by atoms with Gasteiger partial charge in [0.05, 0.1) is 33.9 Å². The fraction of sp³-hybridized carbons (Fsp3) is 0.682. The van der Waals surface area contributed by atoms with Crippen LogP contribution in [0.4, 0.5) is 0 Å². The van der Waals surface area contributed by atoms with Crippen molar-refractivity contribution in [2.24, 2.45) is 0 Å². The molecule has 10 nitrogen and oxygen atoms in total. The molecule has 0 aliphatic carbocycles. The monoisotopic (exact) mass is 795 g/mol. The summed E-state index contributed by atoms with van der Waals surface area (Å²) >= 11 is 0. The van der Waals surface area contributed by atoms with Crippen LogP contribution in [0.15, 0.2) is 72.9 Å². The van der Waals surface area contributed by atoms with Gasteiger partial charge in [0.2, 0.25) is 0 Å². The molecule has 0 spiro atoms. The number of phosphoric ester groups is 1. The predicted molar refractivity (Wildman–Crippen MR) is 225 cm³/mol. The Morgan fingerprint density at radius 2 is 1.25 bits per heavy atom. The highest BCUT2D eigenvalue weighted by Gasteiger charge is 2.27. The number of phosphoric acid groups is 1. The summed E-state index contributed by atoms with van der Waals surface area (Å²) in [5.41, 5.74) is 0. The van der Waals surface area contributed by atoms with Crippen LogP contribution in [0, 0.1) is 0 Å². The molecule has 2 unspecified atom stereocenters. The molecular formula is C44H77NO9P+. The van der Waals surface area contributed by atoms with E-state index in [4.69, 9.17) is 18.5 Å². The van der Waals surface area contributed by atoms with E-state index in [0.717, 1.165) is 64.2 Å². The fourth-order valence-corrected chi connectivity index (χ4v) is 5.78. The molecule has 0 radical (unpaired) electrons. The van der Waals surface area contributed by atoms with Crippen molar-refractivity contribution in [2.75, 3.05) is 47.5 Å². The minimum absolute atomic E-state index is 0.00482. The molecule has 0 aromatic rings. The molecule has 0 rings (SSSR count). The Morgan fingerprint density at radius 3 is 1.89 bits per heavy atom. The van der Waals surface area contributed by atoms with Crippen molar-refractivity contribution in [3.63, 3.8) is 0 Å². The van der Waals surface area contributed by atoms with Gasteiger partial charge in [0, 0.05) is 12.8 Å². The zero-order valence-electron chi connectivity index (χ0n) is 35.0. The van der Waals surface area contributed by atoms with Crippen LogP contribution < -0.4 is 0 Å². The Hall–Kier alpha value is -2.59. The molecule has 0 bridgehead atoms. The maximum Gasteiger partial charge on any atom is 0.472 e. The van der Waals surface area contributed by atoms with E-state index in [9.17, 15) is 24.2 Å². The molecule has 0 heterocycles. The lowest BCUT2D eigenvalue weighted by Crippen LogP contribution is -2.37. The molecule has 3 atom stereocenters. The Kier molecular flexibility index (Phi) is 34.1. The highest BCUT2D eigenvalue weighted by molar-refractivity contribution is 7.47. The third-order valence-corrected chi connectivity index (χ3v) is 9.31. The molecule has 2 N–H and O–H groups in total. The standard InChI is InChI=1S/C44H76NO9P/c1-6-8-10-12-14-16-18-20-22-24-26-28-30-33-41(46)34-32-36-44(48)54-42(40-53-55(49,50)52-38-37-45(3,4)5)39-51-43(47)35-31-29-27-25-23-21-19-17-15-13-11-9-7-2/h8,10,14,16-17,19-20,22,26,28,30,33,41-42,46H,6-7,9,11-13,15,18,21,23-25,27,29,31-32,34-40H2,1-5H3/p+1/b10-8-,16-14-,19-17-,22-20-,28-26-,33-30+/t41?,42-/m1/s1. The second-order valence-corrected chi connectivity index (χ2v) is 16.3. The van der Waals surface area contributed by atoms with Gasteiger partial charge in [-0.15, -0.1) is 0 Å². The van der Waals surface area contributed by atoms with Crippen molar-refractivity contribution in [1.29, 1.82) is 0 Å². The number of rotatable bonds is 36. The van der Waals surface area contributed by atoms with E-state index in [1.54, 1.807) is 12.2 Å². The van der Waals surface area contributed by atoms with Gasteiger partial charge in [0.1, 0.15) is 19.8 Å². The summed E-state index contributed by atoms with van der Waals surface area (Å²) in [4.78, 5) is 35.3. The molecule has 0 aliphatic rings. The van der Waals surface area contributed by atoms with Gasteiger partial charge >= 0.3 is 19.8 Å². The highest BCUT2D eigenvalue weighted by Crippen LogP contribution is 2.43. The Balaban J connectivity index is 4.64. The maximum absolute atomic E-state index is 12.7. The zero-order valence-corrected chi connectivity index (χ0v) is 35.9. The van der Waals surface area contributed by atoms with E-state index < -0.39 is 38.6 Å². The molecule has 0 aromatic heterocycles. The van der Waals surface area contributed by atoms with Gasteiger partial charge < -0.3 is 24.0 Å². The maximum atomic E-state index is 12.7. The summed E-state index contributed by atoms with van der Waals surface area (Å²) in [6.45, 7) is 4.02. The van der Waals surface area contributed by atoms with Crippen LogP contribution in [0.25, 0.3) is 0 Å². The van der Waals surface area contributed by atoms with Gasteiger partial charge in [-0.3, -0.25) is 18.6 Å². The van der Waals surface area contributed by atoms with E-state index in [1.165, 1.54) is 25.7 Å². The number of aliphatic hydroxyl groups excluding tert-OH is 1. The summed E-state index contributed by atoms with van der Waals surface area (Å²) in [5, 5.41) is 10.3. The number of ether oxygens (including phenoxy) is 2. The Labute approximate surface area is 334 Å². The number of quaternary nitrogens is 1. The van der Waals surface area contributed by atoms with E-state index in [1.807, 2.05) is 33.3 Å². The van der Waals surface area contributed by atoms with Crippen molar-refractivity contribution in [3.05, 3.63) is 72.9 Å². The second-order valence-electron chi connectivity index (χ2n) is 14.8. The van der Waals surface area contributed by atoms with Crippen molar-refractivity contribution in [3.8, 4) is 0 Å². The van der Waals surface area contributed by atoms with Crippen LogP contribution >= 0.6 is 7.82 Å². The summed E-state index contributed by atoms with van der Waals surface area (Å²) < 4.78 is 34.0. The second kappa shape index (κ2) is 35.8. The number of nitrogens with zero attached hydrogens (tertiary/aromatic N) is 1. The van der Waals surface area contributed by atoms with Crippen LogP contribution in [0.5, 0.6) is 0 Å². The molecule has 0 aliphatic heterocycles. The number of allylic oxidation sites excluding steroid dienone is 11. The first kappa shape index (κ1) is 52.4. The first-order valence-corrected chi connectivity index (χ1v) is 22.3. The van der Waals surface area contributed by atoms with Gasteiger partial charge in [0.15, 0.2) is 6.10 Å². The number of carbonyl (C=O) groups is 2. The zero-order chi connectivity index (χ0) is 40.9. The lowest BCUT2D eigenvalue weighted by molar-refractivity contribution is -0.870. The minimum atomic E-state index is -4.43. The first-order chi connectivity index (χ1) is 26.4. The highest BCUT2D eigenvalue weighted by atomic mass is 31.2. The summed E-state index contributed by atoms with van der Waals surface area (Å²) in [7, 11) is 1.34. The number of likely N-dealkylation sites (N-methyl/N-ethyl adjacent to an activating group) is 1. The van der Waals surface area contributed by atoms with Crippen LogP contribution in [0.3, 0.4) is 0 Å². The van der Waals surface area contributed by atoms with Gasteiger partial charge in [-0.2, -0.15) is 0 Å². The molecule has 0 saturated heterocycles. The quantitative estimate of drug-likeness (QED) is 0.0159. The number of carbonyl (C=O) groups excluding carboxylic acids is 2. The molecule has 0 saturated carbocycles. The Bertz CT molecular complexity index is 1190. The summed E-state index contributed by atoms with van der Waals surface area (Å²) in [6.07, 6.45) is 39.8. The van der Waals surface area contributed by atoms with E-state index in [0.29, 0.717) is 30.3 Å². The van der Waals surface area contributed by atoms with Crippen molar-refractivity contribution in [2.45, 2.75) is 148 Å². The molecule has 0 aromatic carbocycles. The first-order valence-electron chi connectivity index (χ1n) is 20.8. The van der Waals surface area contributed by atoms with Crippen LogP contribution in [0.1, 0.15) is 136 Å². The summed E-state index contributed by atoms with van der Waals surface area (Å²) in [6, 6.07) is 0. The summed E-state index contributed by atoms with van der Waals surface area (Å²) in [5.74, 6) is -1.02. The number of hydrogen-bond donors (Lipinski definition) is 2. The van der Waals surface area contributed by atoms with Gasteiger partial charge in [-0.25, -0.2) is 4.57 Å². The number of aliphatic hydroxyl groups is 1. The predicted octanol–water partition coefficient (Wildman–Crippen LogP) is 10.4. The van der Waals surface area contributed by atoms with E-state index in [2.05, 4.69) is 62.5 Å². The minimum Gasteiger partial charge on any atom is -0.462 e. The third-order valence-electron chi connectivity index (χ3n) is 8.32. The van der Waals surface area contributed by atoms with E-state index in [-0.39, 0.29) is 26.1 Å². The lowest BCUT2D eigenvalue weighted by Gasteiger charge is -2.24. The third kappa shape index (κ3) is 39.4.